The lowest BCUT2D eigenvalue weighted by atomic mass is 10.0. The number of nitrogens with one attached hydrogen (secondary N) is 1. The predicted octanol–water partition coefficient (Wildman–Crippen LogP) is 2.75. The molecule has 4 rings (SSSR count). The van der Waals surface area contributed by atoms with E-state index in [1.165, 1.54) is 10.7 Å². The third-order valence-electron chi connectivity index (χ3n) is 5.13. The molecule has 154 valence electrons. The lowest BCUT2D eigenvalue weighted by Crippen LogP contribution is -2.21. The number of nitrogens with zero attached hydrogens (tertiary/aromatic N) is 4. The van der Waals surface area contributed by atoms with Gasteiger partial charge in [-0.15, -0.1) is 0 Å². The zero-order chi connectivity index (χ0) is 20.9. The standard InChI is InChI=1S/C19H20F3N5O2/c1-26(2)19-23-17-14(18(29)24-19)13(8-28)25-27(17)15(9-3-4-9)10-5-6-11(16(21)22)12(20)7-10/h5-7,9,15-16,28H,3-4,8H2,1-2H3,(H,23,24,29)/t15-/m1/s1. The van der Waals surface area contributed by atoms with Crippen molar-refractivity contribution >= 4 is 17.0 Å². The molecule has 1 aliphatic carbocycles. The van der Waals surface area contributed by atoms with Crippen molar-refractivity contribution < 1.29 is 18.3 Å². The maximum atomic E-state index is 14.3. The van der Waals surface area contributed by atoms with Gasteiger partial charge in [0.2, 0.25) is 5.95 Å². The molecule has 1 aliphatic rings. The number of hydrogen-bond acceptors (Lipinski definition) is 5. The van der Waals surface area contributed by atoms with E-state index in [-0.39, 0.29) is 22.6 Å². The molecule has 0 spiro atoms. The minimum atomic E-state index is -2.90. The number of aromatic nitrogens is 4. The van der Waals surface area contributed by atoms with Gasteiger partial charge in [0.25, 0.3) is 12.0 Å². The number of fused-ring (bicyclic) bond motifs is 1. The number of aliphatic hydroxyl groups excluding tert-OH is 1. The summed E-state index contributed by atoms with van der Waals surface area (Å²) in [5, 5.41) is 14.2. The molecule has 0 saturated heterocycles. The Morgan fingerprint density at radius 2 is 2.07 bits per heavy atom. The van der Waals surface area contributed by atoms with Gasteiger partial charge in [-0.2, -0.15) is 10.1 Å². The molecule has 1 atom stereocenters. The van der Waals surface area contributed by atoms with E-state index in [1.54, 1.807) is 19.0 Å². The number of alkyl halides is 2. The Labute approximate surface area is 163 Å². The number of aliphatic hydroxyl groups is 1. The van der Waals surface area contributed by atoms with Gasteiger partial charge >= 0.3 is 0 Å². The van der Waals surface area contributed by atoms with Crippen LogP contribution in [0.4, 0.5) is 19.1 Å². The molecule has 2 heterocycles. The van der Waals surface area contributed by atoms with Crippen molar-refractivity contribution in [2.75, 3.05) is 19.0 Å². The number of aromatic amines is 1. The normalized spacial score (nSPS) is 15.3. The molecule has 29 heavy (non-hydrogen) atoms. The van der Waals surface area contributed by atoms with Crippen LogP contribution in [-0.4, -0.2) is 39.0 Å². The van der Waals surface area contributed by atoms with Crippen molar-refractivity contribution in [3.05, 3.63) is 51.2 Å². The molecular weight excluding hydrogens is 387 g/mol. The van der Waals surface area contributed by atoms with Crippen LogP contribution in [0, 0.1) is 11.7 Å². The van der Waals surface area contributed by atoms with Gasteiger partial charge in [0, 0.05) is 14.1 Å². The quantitative estimate of drug-likeness (QED) is 0.656. The van der Waals surface area contributed by atoms with Gasteiger partial charge in [0.05, 0.1) is 18.2 Å². The van der Waals surface area contributed by atoms with Crippen molar-refractivity contribution in [2.45, 2.75) is 31.9 Å². The third kappa shape index (κ3) is 3.37. The monoisotopic (exact) mass is 407 g/mol. The first-order chi connectivity index (χ1) is 13.8. The van der Waals surface area contributed by atoms with Crippen LogP contribution < -0.4 is 10.5 Å². The van der Waals surface area contributed by atoms with E-state index in [2.05, 4.69) is 15.1 Å². The van der Waals surface area contributed by atoms with Crippen LogP contribution in [0.15, 0.2) is 23.0 Å². The molecule has 0 amide bonds. The van der Waals surface area contributed by atoms with Crippen LogP contribution in [0.2, 0.25) is 0 Å². The molecule has 7 nitrogen and oxygen atoms in total. The zero-order valence-electron chi connectivity index (χ0n) is 15.9. The van der Waals surface area contributed by atoms with E-state index in [0.717, 1.165) is 25.0 Å². The topological polar surface area (TPSA) is 87.0 Å². The molecular formula is C19H20F3N5O2. The fraction of sp³-hybridized carbons (Fsp3) is 0.421. The molecule has 1 aromatic carbocycles. The summed E-state index contributed by atoms with van der Waals surface area (Å²) in [6, 6.07) is 3.15. The van der Waals surface area contributed by atoms with Crippen molar-refractivity contribution in [1.82, 2.24) is 19.7 Å². The summed E-state index contributed by atoms with van der Waals surface area (Å²) < 4.78 is 41.6. The molecule has 2 aromatic heterocycles. The average Bonchev–Trinajstić information content (AvgIpc) is 3.42. The maximum absolute atomic E-state index is 14.3. The second-order valence-corrected chi connectivity index (χ2v) is 7.40. The molecule has 1 fully saturated rings. The van der Waals surface area contributed by atoms with Crippen LogP contribution >= 0.6 is 0 Å². The highest BCUT2D eigenvalue weighted by molar-refractivity contribution is 5.78. The summed E-state index contributed by atoms with van der Waals surface area (Å²) in [6.45, 7) is -0.467. The van der Waals surface area contributed by atoms with Gasteiger partial charge in [0.1, 0.15) is 16.9 Å². The molecule has 1 saturated carbocycles. The highest BCUT2D eigenvalue weighted by atomic mass is 19.3. The summed E-state index contributed by atoms with van der Waals surface area (Å²) in [6.07, 6.45) is -1.21. The fourth-order valence-corrected chi connectivity index (χ4v) is 3.55. The number of halogens is 3. The smallest absolute Gasteiger partial charge is 0.266 e. The maximum Gasteiger partial charge on any atom is 0.266 e. The van der Waals surface area contributed by atoms with Crippen molar-refractivity contribution in [2.24, 2.45) is 5.92 Å². The Balaban J connectivity index is 1.93. The van der Waals surface area contributed by atoms with E-state index < -0.39 is 36.0 Å². The molecule has 3 aromatic rings. The average molecular weight is 407 g/mol. The van der Waals surface area contributed by atoms with E-state index in [9.17, 15) is 23.1 Å². The first kappa shape index (κ1) is 19.4. The van der Waals surface area contributed by atoms with Gasteiger partial charge in [-0.1, -0.05) is 12.1 Å². The van der Waals surface area contributed by atoms with Gasteiger partial charge < -0.3 is 10.0 Å². The second kappa shape index (κ2) is 7.18. The first-order valence-electron chi connectivity index (χ1n) is 9.19. The van der Waals surface area contributed by atoms with Crippen molar-refractivity contribution in [3.63, 3.8) is 0 Å². The number of hydrogen-bond donors (Lipinski definition) is 2. The Morgan fingerprint density at radius 3 is 2.62 bits per heavy atom. The number of rotatable bonds is 6. The van der Waals surface area contributed by atoms with E-state index in [0.29, 0.717) is 11.5 Å². The zero-order valence-corrected chi connectivity index (χ0v) is 15.9. The highest BCUT2D eigenvalue weighted by Gasteiger charge is 2.37. The molecule has 2 N–H and O–H groups in total. The van der Waals surface area contributed by atoms with E-state index in [4.69, 9.17) is 0 Å². The number of benzene rings is 1. The third-order valence-corrected chi connectivity index (χ3v) is 5.13. The molecule has 0 radical (unpaired) electrons. The van der Waals surface area contributed by atoms with Gasteiger partial charge in [0.15, 0.2) is 5.65 Å². The molecule has 0 unspecified atom stereocenters. The summed E-state index contributed by atoms with van der Waals surface area (Å²) in [4.78, 5) is 21.3. The lowest BCUT2D eigenvalue weighted by molar-refractivity contribution is 0.146. The van der Waals surface area contributed by atoms with Crippen LogP contribution in [0.3, 0.4) is 0 Å². The summed E-state index contributed by atoms with van der Waals surface area (Å²) >= 11 is 0. The number of anilines is 1. The van der Waals surface area contributed by atoms with Crippen LogP contribution in [0.1, 0.15) is 42.1 Å². The lowest BCUT2D eigenvalue weighted by Gasteiger charge is -2.19. The molecule has 0 aliphatic heterocycles. The van der Waals surface area contributed by atoms with Crippen molar-refractivity contribution in [3.8, 4) is 0 Å². The second-order valence-electron chi connectivity index (χ2n) is 7.40. The van der Waals surface area contributed by atoms with Gasteiger partial charge in [-0.3, -0.25) is 9.78 Å². The molecule has 10 heteroatoms. The predicted molar refractivity (Wildman–Crippen MR) is 101 cm³/mol. The fourth-order valence-electron chi connectivity index (χ4n) is 3.55. The molecule has 0 bridgehead atoms. The minimum Gasteiger partial charge on any atom is -0.390 e. The number of H-pyrrole nitrogens is 1. The Kier molecular flexibility index (Phi) is 4.81. The summed E-state index contributed by atoms with van der Waals surface area (Å²) in [5.74, 6) is -0.575. The van der Waals surface area contributed by atoms with Crippen molar-refractivity contribution in [1.29, 1.82) is 0 Å². The van der Waals surface area contributed by atoms with Crippen LogP contribution in [0.5, 0.6) is 0 Å². The Hall–Kier alpha value is -2.88. The first-order valence-corrected chi connectivity index (χ1v) is 9.19. The summed E-state index contributed by atoms with van der Waals surface area (Å²) in [5.41, 5.74) is -0.209. The summed E-state index contributed by atoms with van der Waals surface area (Å²) in [7, 11) is 3.43. The van der Waals surface area contributed by atoms with Crippen LogP contribution in [-0.2, 0) is 6.61 Å². The Bertz CT molecular complexity index is 1120. The van der Waals surface area contributed by atoms with E-state index >= 15 is 0 Å². The van der Waals surface area contributed by atoms with Gasteiger partial charge in [-0.05, 0) is 30.4 Å². The SMILES string of the molecule is CN(C)c1nc2c(c(CO)nn2[C@@H](c2ccc(C(F)F)c(F)c2)C2CC2)c(=O)[nH]1. The van der Waals surface area contributed by atoms with Crippen LogP contribution in [0.25, 0.3) is 11.0 Å². The highest BCUT2D eigenvalue weighted by Crippen LogP contribution is 2.44. The largest absolute Gasteiger partial charge is 0.390 e. The minimum absolute atomic E-state index is 0.102. The van der Waals surface area contributed by atoms with Gasteiger partial charge in [-0.25, -0.2) is 17.9 Å². The Morgan fingerprint density at radius 1 is 1.34 bits per heavy atom. The van der Waals surface area contributed by atoms with E-state index in [1.807, 2.05) is 0 Å².